The van der Waals surface area contributed by atoms with Gasteiger partial charge in [-0.3, -0.25) is 0 Å². The Labute approximate surface area is 174 Å². The number of carbonyl (C=O) groups is 1. The molecule has 1 unspecified atom stereocenters. The summed E-state index contributed by atoms with van der Waals surface area (Å²) in [5, 5.41) is 9.54. The zero-order chi connectivity index (χ0) is 19.6. The number of nitrogens with zero attached hydrogens (tertiary/aromatic N) is 1. The van der Waals surface area contributed by atoms with Crippen molar-refractivity contribution in [3.8, 4) is 5.75 Å². The predicted molar refractivity (Wildman–Crippen MR) is 115 cm³/mol. The predicted octanol–water partition coefficient (Wildman–Crippen LogP) is 5.54. The average molecular weight is 479 g/mol. The molecule has 0 bridgehead atoms. The summed E-state index contributed by atoms with van der Waals surface area (Å²) >= 11 is 2.31. The minimum atomic E-state index is -0.840. The Bertz CT molecular complexity index is 814. The summed E-state index contributed by atoms with van der Waals surface area (Å²) < 4.78 is 7.20. The number of halogens is 1. The topological polar surface area (TPSA) is 49.8 Å². The molecule has 0 saturated carbocycles. The molecule has 1 N–H and O–H groups in total. The van der Waals surface area contributed by atoms with Gasteiger partial charge in [-0.15, -0.1) is 0 Å². The van der Waals surface area contributed by atoms with Gasteiger partial charge in [-0.2, -0.15) is 0 Å². The second-order valence-electron chi connectivity index (χ2n) is 8.15. The largest absolute Gasteiger partial charge is 0.488 e. The van der Waals surface area contributed by atoms with E-state index in [0.29, 0.717) is 19.7 Å². The first kappa shape index (κ1) is 20.0. The molecule has 0 aromatic heterocycles. The molecule has 1 aliphatic rings. The lowest BCUT2D eigenvalue weighted by Gasteiger charge is -2.33. The third-order valence-corrected chi connectivity index (χ3v) is 6.02. The van der Waals surface area contributed by atoms with Crippen molar-refractivity contribution in [2.45, 2.75) is 39.7 Å². The molecule has 27 heavy (non-hydrogen) atoms. The highest BCUT2D eigenvalue weighted by Gasteiger charge is 2.34. The number of benzene rings is 2. The maximum atomic E-state index is 11.6. The van der Waals surface area contributed by atoms with Crippen LogP contribution in [0.4, 0.5) is 4.79 Å². The van der Waals surface area contributed by atoms with E-state index in [-0.39, 0.29) is 11.3 Å². The third-order valence-electron chi connectivity index (χ3n) is 5.18. The Balaban J connectivity index is 1.93. The molecule has 1 atom stereocenters. The summed E-state index contributed by atoms with van der Waals surface area (Å²) in [4.78, 5) is 13.2. The normalized spacial score (nSPS) is 17.2. The molecule has 0 aliphatic carbocycles. The van der Waals surface area contributed by atoms with E-state index in [2.05, 4.69) is 67.6 Å². The molecule has 1 amide bonds. The Kier molecular flexibility index (Phi) is 5.99. The molecule has 0 radical (unpaired) electrons. The highest BCUT2D eigenvalue weighted by Crippen LogP contribution is 2.41. The smallest absolute Gasteiger partial charge is 0.407 e. The summed E-state index contributed by atoms with van der Waals surface area (Å²) in [6.45, 7) is 8.11. The first-order chi connectivity index (χ1) is 12.8. The second kappa shape index (κ2) is 8.09. The summed E-state index contributed by atoms with van der Waals surface area (Å²) in [6.07, 6.45) is -0.101. The van der Waals surface area contributed by atoms with Crippen molar-refractivity contribution in [3.63, 3.8) is 0 Å². The van der Waals surface area contributed by atoms with Crippen LogP contribution < -0.4 is 4.74 Å². The van der Waals surface area contributed by atoms with E-state index in [1.807, 2.05) is 18.2 Å². The molecule has 5 heteroatoms. The molecule has 144 valence electrons. The van der Waals surface area contributed by atoms with Gasteiger partial charge in [0.15, 0.2) is 0 Å². The summed E-state index contributed by atoms with van der Waals surface area (Å²) in [5.74, 6) is 0.999. The van der Waals surface area contributed by atoms with Crippen LogP contribution in [0.5, 0.6) is 5.75 Å². The number of amides is 1. The van der Waals surface area contributed by atoms with Crippen molar-refractivity contribution in [2.75, 3.05) is 13.1 Å². The highest BCUT2D eigenvalue weighted by molar-refractivity contribution is 14.1. The fourth-order valence-electron chi connectivity index (χ4n) is 3.58. The summed E-state index contributed by atoms with van der Waals surface area (Å²) in [6, 6.07) is 14.4. The quantitative estimate of drug-likeness (QED) is 0.589. The van der Waals surface area contributed by atoms with Crippen LogP contribution in [0, 0.1) is 8.99 Å². The van der Waals surface area contributed by atoms with E-state index in [1.54, 1.807) is 4.90 Å². The standard InChI is InChI=1S/C22H26INO3/c1-22(2,3)18-13-24(21(25)26)10-9-16-11-19(23)20(12-17(16)18)27-14-15-7-5-4-6-8-15/h4-8,11-12,18H,9-10,13-14H2,1-3H3,(H,25,26). The lowest BCUT2D eigenvalue weighted by molar-refractivity contribution is 0.135. The number of ether oxygens (including phenoxy) is 1. The molecule has 2 aromatic carbocycles. The van der Waals surface area contributed by atoms with Gasteiger partial charge in [-0.1, -0.05) is 51.1 Å². The molecular weight excluding hydrogens is 453 g/mol. The van der Waals surface area contributed by atoms with E-state index in [9.17, 15) is 9.90 Å². The van der Waals surface area contributed by atoms with Crippen LogP contribution in [-0.4, -0.2) is 29.2 Å². The fraction of sp³-hybridized carbons (Fsp3) is 0.409. The first-order valence-corrected chi connectivity index (χ1v) is 10.3. The molecular formula is C22H26INO3. The second-order valence-corrected chi connectivity index (χ2v) is 9.32. The van der Waals surface area contributed by atoms with Gasteiger partial charge in [0.2, 0.25) is 0 Å². The lowest BCUT2D eigenvalue weighted by Crippen LogP contribution is -2.36. The van der Waals surface area contributed by atoms with Crippen LogP contribution in [0.25, 0.3) is 0 Å². The minimum absolute atomic E-state index is 0.0454. The van der Waals surface area contributed by atoms with Gasteiger partial charge in [0, 0.05) is 19.0 Å². The van der Waals surface area contributed by atoms with Crippen LogP contribution in [0.15, 0.2) is 42.5 Å². The van der Waals surface area contributed by atoms with E-state index >= 15 is 0 Å². The van der Waals surface area contributed by atoms with Crippen molar-refractivity contribution in [1.29, 1.82) is 0 Å². The molecule has 1 aliphatic heterocycles. The van der Waals surface area contributed by atoms with Crippen molar-refractivity contribution in [2.24, 2.45) is 5.41 Å². The van der Waals surface area contributed by atoms with Gasteiger partial charge in [0.1, 0.15) is 12.4 Å². The van der Waals surface area contributed by atoms with Crippen molar-refractivity contribution in [3.05, 3.63) is 62.7 Å². The number of carboxylic acid groups (broad SMARTS) is 1. The van der Waals surface area contributed by atoms with Gasteiger partial charge in [-0.25, -0.2) is 4.79 Å². The van der Waals surface area contributed by atoms with Crippen molar-refractivity contribution >= 4 is 28.7 Å². The third kappa shape index (κ3) is 4.75. The SMILES string of the molecule is CC(C)(C)C1CN(C(=O)O)CCc2cc(I)c(OCc3ccccc3)cc21. The fourth-order valence-corrected chi connectivity index (χ4v) is 4.26. The first-order valence-electron chi connectivity index (χ1n) is 9.22. The Morgan fingerprint density at radius 3 is 2.59 bits per heavy atom. The Morgan fingerprint density at radius 1 is 1.26 bits per heavy atom. The monoisotopic (exact) mass is 479 g/mol. The molecule has 3 rings (SSSR count). The molecule has 2 aromatic rings. The maximum absolute atomic E-state index is 11.6. The van der Waals surface area contributed by atoms with E-state index in [1.165, 1.54) is 11.1 Å². The van der Waals surface area contributed by atoms with Crippen LogP contribution in [0.1, 0.15) is 43.4 Å². The van der Waals surface area contributed by atoms with Crippen molar-refractivity contribution < 1.29 is 14.6 Å². The Morgan fingerprint density at radius 2 is 1.96 bits per heavy atom. The van der Waals surface area contributed by atoms with Gasteiger partial charge < -0.3 is 14.7 Å². The Hall–Kier alpha value is -1.76. The van der Waals surface area contributed by atoms with Crippen molar-refractivity contribution in [1.82, 2.24) is 4.90 Å². The van der Waals surface area contributed by atoms with Gasteiger partial charge in [0.25, 0.3) is 0 Å². The zero-order valence-corrected chi connectivity index (χ0v) is 18.2. The molecule has 1 heterocycles. The lowest BCUT2D eigenvalue weighted by atomic mass is 9.75. The molecule has 0 spiro atoms. The van der Waals surface area contributed by atoms with Gasteiger partial charge in [0.05, 0.1) is 3.57 Å². The molecule has 4 nitrogen and oxygen atoms in total. The molecule has 0 saturated heterocycles. The number of hydrogen-bond donors (Lipinski definition) is 1. The van der Waals surface area contributed by atoms with Gasteiger partial charge in [-0.05, 0) is 63.2 Å². The minimum Gasteiger partial charge on any atom is -0.488 e. The average Bonchev–Trinajstić information content (AvgIpc) is 2.80. The highest BCUT2D eigenvalue weighted by atomic mass is 127. The van der Waals surface area contributed by atoms with Gasteiger partial charge >= 0.3 is 6.09 Å². The number of hydrogen-bond acceptors (Lipinski definition) is 2. The molecule has 0 fully saturated rings. The van der Waals surface area contributed by atoms with E-state index in [0.717, 1.165) is 21.3 Å². The van der Waals surface area contributed by atoms with Crippen LogP contribution in [0.2, 0.25) is 0 Å². The maximum Gasteiger partial charge on any atom is 0.407 e. The zero-order valence-electron chi connectivity index (χ0n) is 16.0. The number of rotatable bonds is 3. The van der Waals surface area contributed by atoms with E-state index < -0.39 is 6.09 Å². The van der Waals surface area contributed by atoms with Crippen LogP contribution >= 0.6 is 22.6 Å². The van der Waals surface area contributed by atoms with Crippen LogP contribution in [0.3, 0.4) is 0 Å². The van der Waals surface area contributed by atoms with Crippen LogP contribution in [-0.2, 0) is 13.0 Å². The summed E-state index contributed by atoms with van der Waals surface area (Å²) in [5.41, 5.74) is 3.54. The summed E-state index contributed by atoms with van der Waals surface area (Å²) in [7, 11) is 0. The number of fused-ring (bicyclic) bond motifs is 1. The van der Waals surface area contributed by atoms with E-state index in [4.69, 9.17) is 4.74 Å².